The number of carbonyl (C=O) groups excluding carboxylic acids is 1. The molecule has 3 heteroatoms. The van der Waals surface area contributed by atoms with Crippen LogP contribution in [0.25, 0.3) is 0 Å². The van der Waals surface area contributed by atoms with Crippen molar-refractivity contribution in [2.24, 2.45) is 0 Å². The van der Waals surface area contributed by atoms with Crippen molar-refractivity contribution >= 4 is 5.91 Å². The molecule has 3 nitrogen and oxygen atoms in total. The number of hydrogen-bond donors (Lipinski definition) is 1. The van der Waals surface area contributed by atoms with Gasteiger partial charge in [-0.3, -0.25) is 4.79 Å². The first-order valence-electron chi connectivity index (χ1n) is 8.33. The van der Waals surface area contributed by atoms with E-state index >= 15 is 0 Å². The van der Waals surface area contributed by atoms with Gasteiger partial charge in [0.2, 0.25) is 0 Å². The average molecular weight is 305 g/mol. The maximum atomic E-state index is 12.4. The molecule has 2 aromatic carbocycles. The van der Waals surface area contributed by atoms with Crippen LogP contribution < -0.4 is 10.1 Å². The number of carbonyl (C=O) groups is 1. The molecule has 0 saturated heterocycles. The Bertz CT molecular complexity index is 828. The minimum atomic E-state index is 0.0599. The van der Waals surface area contributed by atoms with E-state index in [2.05, 4.69) is 35.6 Å². The maximum Gasteiger partial charge on any atom is 0.251 e. The summed E-state index contributed by atoms with van der Waals surface area (Å²) in [5, 5.41) is 3.27. The summed E-state index contributed by atoms with van der Waals surface area (Å²) in [5.74, 6) is 1.39. The average Bonchev–Trinajstić information content (AvgIpc) is 3.23. The summed E-state index contributed by atoms with van der Waals surface area (Å²) in [6, 6.07) is 14.8. The monoisotopic (exact) mass is 305 g/mol. The highest BCUT2D eigenvalue weighted by Gasteiger charge is 2.69. The van der Waals surface area contributed by atoms with Crippen molar-refractivity contribution < 1.29 is 9.53 Å². The van der Waals surface area contributed by atoms with Gasteiger partial charge in [0, 0.05) is 22.9 Å². The third kappa shape index (κ3) is 1.57. The second-order valence-corrected chi connectivity index (χ2v) is 6.93. The lowest BCUT2D eigenvalue weighted by molar-refractivity contribution is 0.0941. The molecule has 5 rings (SSSR count). The fourth-order valence-corrected chi connectivity index (χ4v) is 4.99. The van der Waals surface area contributed by atoms with Crippen LogP contribution in [0, 0.1) is 0 Å². The highest BCUT2D eigenvalue weighted by molar-refractivity contribution is 5.99. The number of amides is 1. The van der Waals surface area contributed by atoms with Crippen molar-refractivity contribution in [1.29, 1.82) is 0 Å². The molecule has 2 aromatic rings. The van der Waals surface area contributed by atoms with E-state index in [9.17, 15) is 4.79 Å². The smallest absolute Gasteiger partial charge is 0.251 e. The van der Waals surface area contributed by atoms with E-state index in [1.54, 1.807) is 7.11 Å². The molecule has 0 unspecified atom stereocenters. The van der Waals surface area contributed by atoms with Gasteiger partial charge in [-0.05, 0) is 54.2 Å². The second kappa shape index (κ2) is 4.38. The Balaban J connectivity index is 1.69. The third-order valence-electron chi connectivity index (χ3n) is 6.02. The second-order valence-electron chi connectivity index (χ2n) is 6.93. The van der Waals surface area contributed by atoms with Gasteiger partial charge in [0.15, 0.2) is 0 Å². The lowest BCUT2D eigenvalue weighted by Gasteiger charge is -2.27. The molecule has 0 bridgehead atoms. The van der Waals surface area contributed by atoms with Crippen LogP contribution in [0.2, 0.25) is 0 Å². The fourth-order valence-electron chi connectivity index (χ4n) is 4.99. The number of methoxy groups -OCH3 is 1. The number of nitrogens with one attached hydrogen (secondary N) is 1. The molecule has 1 amide bonds. The number of hydrogen-bond acceptors (Lipinski definition) is 2. The zero-order valence-electron chi connectivity index (χ0n) is 13.1. The third-order valence-corrected chi connectivity index (χ3v) is 6.02. The zero-order valence-corrected chi connectivity index (χ0v) is 13.1. The van der Waals surface area contributed by atoms with Gasteiger partial charge in [0.1, 0.15) is 5.75 Å². The highest BCUT2D eigenvalue weighted by Crippen LogP contribution is 2.67. The normalized spacial score (nSPS) is 30.0. The SMILES string of the molecule is COc1ccc2c(c1)[C@]1(CCC2)[C@@H]2c3ccccc3C(=O)N[C@@H]21. The summed E-state index contributed by atoms with van der Waals surface area (Å²) in [6.45, 7) is 0. The molecule has 0 radical (unpaired) electrons. The lowest BCUT2D eigenvalue weighted by Crippen LogP contribution is -2.34. The summed E-state index contributed by atoms with van der Waals surface area (Å²) >= 11 is 0. The molecule has 2 aliphatic carbocycles. The molecule has 0 aromatic heterocycles. The van der Waals surface area contributed by atoms with Crippen LogP contribution in [0.1, 0.15) is 45.8 Å². The predicted molar refractivity (Wildman–Crippen MR) is 88.0 cm³/mol. The van der Waals surface area contributed by atoms with E-state index < -0.39 is 0 Å². The quantitative estimate of drug-likeness (QED) is 0.879. The van der Waals surface area contributed by atoms with Gasteiger partial charge in [-0.15, -0.1) is 0 Å². The summed E-state index contributed by atoms with van der Waals surface area (Å²) in [4.78, 5) is 12.4. The minimum Gasteiger partial charge on any atom is -0.497 e. The van der Waals surface area contributed by atoms with Crippen molar-refractivity contribution in [3.63, 3.8) is 0 Å². The molecule has 1 saturated carbocycles. The van der Waals surface area contributed by atoms with Gasteiger partial charge in [0.05, 0.1) is 7.11 Å². The van der Waals surface area contributed by atoms with Crippen molar-refractivity contribution in [2.75, 3.05) is 7.11 Å². The van der Waals surface area contributed by atoms with Gasteiger partial charge in [-0.2, -0.15) is 0 Å². The van der Waals surface area contributed by atoms with Gasteiger partial charge in [-0.25, -0.2) is 0 Å². The molecule has 1 spiro atoms. The van der Waals surface area contributed by atoms with E-state index in [0.29, 0.717) is 5.92 Å². The predicted octanol–water partition coefficient (Wildman–Crippen LogP) is 3.18. The molecule has 1 heterocycles. The molecule has 116 valence electrons. The lowest BCUT2D eigenvalue weighted by atomic mass is 9.77. The Labute approximate surface area is 135 Å². The van der Waals surface area contributed by atoms with E-state index in [1.165, 1.54) is 23.1 Å². The Morgan fingerprint density at radius 2 is 2.09 bits per heavy atom. The van der Waals surface area contributed by atoms with Crippen LogP contribution in [-0.4, -0.2) is 19.1 Å². The summed E-state index contributed by atoms with van der Waals surface area (Å²) in [5.41, 5.74) is 4.93. The van der Waals surface area contributed by atoms with Gasteiger partial charge >= 0.3 is 0 Å². The van der Waals surface area contributed by atoms with Crippen molar-refractivity contribution in [3.8, 4) is 5.75 Å². The first-order valence-corrected chi connectivity index (χ1v) is 8.33. The van der Waals surface area contributed by atoms with Gasteiger partial charge < -0.3 is 10.1 Å². The molecule has 3 aliphatic rings. The zero-order chi connectivity index (χ0) is 15.6. The van der Waals surface area contributed by atoms with Crippen LogP contribution in [0.15, 0.2) is 42.5 Å². The summed E-state index contributed by atoms with van der Waals surface area (Å²) < 4.78 is 5.46. The molecule has 1 aliphatic heterocycles. The van der Waals surface area contributed by atoms with Crippen molar-refractivity contribution in [1.82, 2.24) is 5.32 Å². The number of benzene rings is 2. The topological polar surface area (TPSA) is 38.3 Å². The summed E-state index contributed by atoms with van der Waals surface area (Å²) in [6.07, 6.45) is 3.44. The largest absolute Gasteiger partial charge is 0.497 e. The Hall–Kier alpha value is -2.29. The van der Waals surface area contributed by atoms with Crippen molar-refractivity contribution in [3.05, 3.63) is 64.7 Å². The van der Waals surface area contributed by atoms with Crippen LogP contribution in [-0.2, 0) is 11.8 Å². The molecule has 3 atom stereocenters. The maximum absolute atomic E-state index is 12.4. The summed E-state index contributed by atoms with van der Waals surface area (Å²) in [7, 11) is 1.72. The van der Waals surface area contributed by atoms with Crippen LogP contribution in [0.4, 0.5) is 0 Å². The Morgan fingerprint density at radius 1 is 1.22 bits per heavy atom. The van der Waals surface area contributed by atoms with Crippen molar-refractivity contribution in [2.45, 2.75) is 36.6 Å². The number of fused-ring (bicyclic) bond motifs is 7. The highest BCUT2D eigenvalue weighted by atomic mass is 16.5. The van der Waals surface area contributed by atoms with E-state index in [4.69, 9.17) is 4.74 Å². The first kappa shape index (κ1) is 13.2. The molecular weight excluding hydrogens is 286 g/mol. The van der Waals surface area contributed by atoms with Crippen LogP contribution in [0.5, 0.6) is 5.75 Å². The standard InChI is InChI=1S/C20H19NO2/c1-23-13-9-8-12-5-4-10-20(16(12)11-13)17-14-6-2-3-7-15(14)19(22)21-18(17)20/h2-3,6-9,11,17-18H,4-5,10H2,1H3,(H,21,22)/t17-,18+,20-/m1/s1. The van der Waals surface area contributed by atoms with Crippen LogP contribution >= 0.6 is 0 Å². The number of rotatable bonds is 1. The number of ether oxygens (including phenoxy) is 1. The Kier molecular flexibility index (Phi) is 2.51. The van der Waals surface area contributed by atoms with E-state index in [-0.39, 0.29) is 17.4 Å². The fraction of sp³-hybridized carbons (Fsp3) is 0.350. The molecule has 1 fully saturated rings. The van der Waals surface area contributed by atoms with E-state index in [0.717, 1.165) is 24.2 Å². The first-order chi connectivity index (χ1) is 11.3. The van der Waals surface area contributed by atoms with Gasteiger partial charge in [0.25, 0.3) is 5.91 Å². The van der Waals surface area contributed by atoms with Gasteiger partial charge in [-0.1, -0.05) is 24.3 Å². The molecular formula is C20H19NO2. The number of aryl methyl sites for hydroxylation is 1. The molecule has 1 N–H and O–H groups in total. The van der Waals surface area contributed by atoms with Crippen LogP contribution in [0.3, 0.4) is 0 Å². The Morgan fingerprint density at radius 3 is 2.96 bits per heavy atom. The molecule has 23 heavy (non-hydrogen) atoms. The van der Waals surface area contributed by atoms with E-state index in [1.807, 2.05) is 12.1 Å². The minimum absolute atomic E-state index is 0.0599.